The van der Waals surface area contributed by atoms with E-state index >= 15 is 0 Å². The van der Waals surface area contributed by atoms with Gasteiger partial charge >= 0.3 is 0 Å². The zero-order valence-electron chi connectivity index (χ0n) is 15.9. The standard InChI is InChI=1S/C21H34N4/c1-4-15-25-16-12-20(13-17-25)24-21(22-6-3)23-14-11-19-9-7-18(5-2)8-10-19/h4,7-10,20H,1,5-6,11-17H2,2-3H3,(H2,22,23,24). The third kappa shape index (κ3) is 6.91. The van der Waals surface area contributed by atoms with Crippen molar-refractivity contribution in [2.45, 2.75) is 45.6 Å². The number of piperidine rings is 1. The number of aliphatic imine (C=N–C) groups is 1. The zero-order valence-corrected chi connectivity index (χ0v) is 15.9. The summed E-state index contributed by atoms with van der Waals surface area (Å²) < 4.78 is 0. The van der Waals surface area contributed by atoms with Gasteiger partial charge in [-0.3, -0.25) is 9.89 Å². The van der Waals surface area contributed by atoms with E-state index in [2.05, 4.69) is 60.2 Å². The molecule has 0 bridgehead atoms. The molecule has 0 atom stereocenters. The van der Waals surface area contributed by atoms with Gasteiger partial charge in [-0.1, -0.05) is 37.3 Å². The Morgan fingerprint density at radius 2 is 1.88 bits per heavy atom. The number of guanidine groups is 1. The van der Waals surface area contributed by atoms with Crippen LogP contribution in [0.15, 0.2) is 41.9 Å². The van der Waals surface area contributed by atoms with Gasteiger partial charge in [-0.2, -0.15) is 0 Å². The summed E-state index contributed by atoms with van der Waals surface area (Å²) in [6.07, 6.45) is 6.40. The lowest BCUT2D eigenvalue weighted by molar-refractivity contribution is 0.225. The van der Waals surface area contributed by atoms with Crippen LogP contribution in [0, 0.1) is 0 Å². The Bertz CT molecular complexity index is 527. The first kappa shape index (κ1) is 19.5. The molecule has 1 aliphatic heterocycles. The van der Waals surface area contributed by atoms with Crippen LogP contribution in [0.25, 0.3) is 0 Å². The van der Waals surface area contributed by atoms with Crippen LogP contribution in [0.3, 0.4) is 0 Å². The van der Waals surface area contributed by atoms with Crippen molar-refractivity contribution in [3.63, 3.8) is 0 Å². The molecule has 0 amide bonds. The van der Waals surface area contributed by atoms with Crippen LogP contribution in [-0.4, -0.2) is 49.6 Å². The fourth-order valence-corrected chi connectivity index (χ4v) is 3.19. The summed E-state index contributed by atoms with van der Waals surface area (Å²) in [5, 5.41) is 6.99. The minimum atomic E-state index is 0.516. The summed E-state index contributed by atoms with van der Waals surface area (Å²) in [5.41, 5.74) is 2.75. The van der Waals surface area contributed by atoms with Crippen LogP contribution >= 0.6 is 0 Å². The summed E-state index contributed by atoms with van der Waals surface area (Å²) in [6, 6.07) is 9.41. The molecule has 2 rings (SSSR count). The maximum atomic E-state index is 4.77. The molecule has 0 radical (unpaired) electrons. The number of likely N-dealkylation sites (tertiary alicyclic amines) is 1. The Morgan fingerprint density at radius 3 is 2.48 bits per heavy atom. The lowest BCUT2D eigenvalue weighted by Crippen LogP contribution is -2.48. The Kier molecular flexibility index (Phi) is 8.53. The highest BCUT2D eigenvalue weighted by molar-refractivity contribution is 5.80. The molecule has 0 aliphatic carbocycles. The van der Waals surface area contributed by atoms with Gasteiger partial charge in [-0.25, -0.2) is 0 Å². The van der Waals surface area contributed by atoms with Gasteiger partial charge in [-0.15, -0.1) is 6.58 Å². The molecule has 0 spiro atoms. The lowest BCUT2D eigenvalue weighted by atomic mass is 10.1. The maximum absolute atomic E-state index is 4.77. The van der Waals surface area contributed by atoms with Crippen molar-refractivity contribution in [3.05, 3.63) is 48.0 Å². The van der Waals surface area contributed by atoms with E-state index in [4.69, 9.17) is 4.99 Å². The van der Waals surface area contributed by atoms with E-state index in [1.54, 1.807) is 0 Å². The fourth-order valence-electron chi connectivity index (χ4n) is 3.19. The van der Waals surface area contributed by atoms with Gasteiger partial charge in [0.05, 0.1) is 0 Å². The van der Waals surface area contributed by atoms with Gasteiger partial charge in [0.15, 0.2) is 5.96 Å². The van der Waals surface area contributed by atoms with E-state index in [9.17, 15) is 0 Å². The highest BCUT2D eigenvalue weighted by Crippen LogP contribution is 2.10. The lowest BCUT2D eigenvalue weighted by Gasteiger charge is -2.32. The molecule has 1 aromatic carbocycles. The van der Waals surface area contributed by atoms with Gasteiger partial charge in [0, 0.05) is 38.8 Å². The smallest absolute Gasteiger partial charge is 0.191 e. The zero-order chi connectivity index (χ0) is 17.9. The molecular weight excluding hydrogens is 308 g/mol. The highest BCUT2D eigenvalue weighted by atomic mass is 15.2. The van der Waals surface area contributed by atoms with Crippen LogP contribution in [0.2, 0.25) is 0 Å². The summed E-state index contributed by atoms with van der Waals surface area (Å²) >= 11 is 0. The van der Waals surface area contributed by atoms with Gasteiger partial charge in [-0.05, 0) is 43.7 Å². The molecule has 0 unspecified atom stereocenters. The van der Waals surface area contributed by atoms with Crippen molar-refractivity contribution in [1.82, 2.24) is 15.5 Å². The van der Waals surface area contributed by atoms with Crippen LogP contribution in [0.1, 0.15) is 37.8 Å². The van der Waals surface area contributed by atoms with Crippen LogP contribution < -0.4 is 10.6 Å². The van der Waals surface area contributed by atoms with E-state index in [0.717, 1.165) is 64.4 Å². The second kappa shape index (κ2) is 10.9. The van der Waals surface area contributed by atoms with Crippen molar-refractivity contribution < 1.29 is 0 Å². The van der Waals surface area contributed by atoms with Gasteiger partial charge in [0.25, 0.3) is 0 Å². The van der Waals surface area contributed by atoms with Crippen molar-refractivity contribution >= 4 is 5.96 Å². The highest BCUT2D eigenvalue weighted by Gasteiger charge is 2.18. The first-order chi connectivity index (χ1) is 12.2. The van der Waals surface area contributed by atoms with E-state index in [-0.39, 0.29) is 0 Å². The van der Waals surface area contributed by atoms with Crippen molar-refractivity contribution in [3.8, 4) is 0 Å². The second-order valence-corrected chi connectivity index (χ2v) is 6.69. The largest absolute Gasteiger partial charge is 0.357 e. The third-order valence-corrected chi connectivity index (χ3v) is 4.76. The van der Waals surface area contributed by atoms with Crippen molar-refractivity contribution in [2.24, 2.45) is 4.99 Å². The quantitative estimate of drug-likeness (QED) is 0.433. The maximum Gasteiger partial charge on any atom is 0.191 e. The molecule has 4 heteroatoms. The molecule has 1 aromatic rings. The summed E-state index contributed by atoms with van der Waals surface area (Å²) in [6.45, 7) is 13.1. The fraction of sp³-hybridized carbons (Fsp3) is 0.571. The Hall–Kier alpha value is -1.81. The number of rotatable bonds is 8. The SMILES string of the molecule is C=CCN1CCC(NC(=NCCc2ccc(CC)cc2)NCC)CC1. The van der Waals surface area contributed by atoms with E-state index in [1.807, 2.05) is 6.08 Å². The number of hydrogen-bond donors (Lipinski definition) is 2. The van der Waals surface area contributed by atoms with Crippen LogP contribution in [0.4, 0.5) is 0 Å². The molecular formula is C21H34N4. The topological polar surface area (TPSA) is 39.7 Å². The normalized spacial score (nSPS) is 16.6. The van der Waals surface area contributed by atoms with E-state index in [1.165, 1.54) is 11.1 Å². The van der Waals surface area contributed by atoms with Gasteiger partial charge < -0.3 is 10.6 Å². The molecule has 0 aromatic heterocycles. The average molecular weight is 343 g/mol. The molecule has 2 N–H and O–H groups in total. The average Bonchev–Trinajstić information content (AvgIpc) is 2.64. The number of nitrogens with zero attached hydrogens (tertiary/aromatic N) is 2. The molecule has 1 heterocycles. The minimum absolute atomic E-state index is 0.516. The number of nitrogens with one attached hydrogen (secondary N) is 2. The first-order valence-electron chi connectivity index (χ1n) is 9.71. The molecule has 1 fully saturated rings. The molecule has 25 heavy (non-hydrogen) atoms. The minimum Gasteiger partial charge on any atom is -0.357 e. The second-order valence-electron chi connectivity index (χ2n) is 6.69. The Morgan fingerprint density at radius 1 is 1.20 bits per heavy atom. The third-order valence-electron chi connectivity index (χ3n) is 4.76. The van der Waals surface area contributed by atoms with Gasteiger partial charge in [0.1, 0.15) is 0 Å². The summed E-state index contributed by atoms with van der Waals surface area (Å²) in [4.78, 5) is 7.22. The predicted molar refractivity (Wildman–Crippen MR) is 108 cm³/mol. The van der Waals surface area contributed by atoms with Crippen LogP contribution in [0.5, 0.6) is 0 Å². The van der Waals surface area contributed by atoms with E-state index < -0.39 is 0 Å². The summed E-state index contributed by atoms with van der Waals surface area (Å²) in [7, 11) is 0. The number of hydrogen-bond acceptors (Lipinski definition) is 2. The monoisotopic (exact) mass is 342 g/mol. The van der Waals surface area contributed by atoms with Crippen molar-refractivity contribution in [1.29, 1.82) is 0 Å². The summed E-state index contributed by atoms with van der Waals surface area (Å²) in [5.74, 6) is 0.954. The molecule has 138 valence electrons. The van der Waals surface area contributed by atoms with Crippen molar-refractivity contribution in [2.75, 3.05) is 32.7 Å². The molecule has 4 nitrogen and oxygen atoms in total. The Balaban J connectivity index is 1.80. The van der Waals surface area contributed by atoms with Gasteiger partial charge in [0.2, 0.25) is 0 Å². The predicted octanol–water partition coefficient (Wildman–Crippen LogP) is 3.00. The number of benzene rings is 1. The Labute approximate surface area is 153 Å². The number of aryl methyl sites for hydroxylation is 1. The molecule has 0 saturated carbocycles. The van der Waals surface area contributed by atoms with Crippen LogP contribution in [-0.2, 0) is 12.8 Å². The molecule has 1 aliphatic rings. The van der Waals surface area contributed by atoms with E-state index in [0.29, 0.717) is 6.04 Å². The first-order valence-corrected chi connectivity index (χ1v) is 9.71. The molecule has 1 saturated heterocycles.